The number of nitrogens with two attached hydrogens (primary N) is 1. The number of halogens is 1. The van der Waals surface area contributed by atoms with Gasteiger partial charge in [-0.3, -0.25) is 0 Å². The Morgan fingerprint density at radius 3 is 2.56 bits per heavy atom. The fraction of sp³-hybridized carbons (Fsp3) is 0.278. The van der Waals surface area contributed by atoms with Crippen LogP contribution < -0.4 is 10.5 Å². The number of nitrogens with zero attached hydrogens (tertiary/aromatic N) is 1. The van der Waals surface area contributed by atoms with Gasteiger partial charge in [0.05, 0.1) is 12.2 Å². The summed E-state index contributed by atoms with van der Waals surface area (Å²) in [5.74, 6) is -0.825. The molecular formula is C18H17ClN2O5S. The van der Waals surface area contributed by atoms with E-state index in [0.29, 0.717) is 10.8 Å². The number of benzene rings is 1. The first-order valence-electron chi connectivity index (χ1n) is 7.94. The third-order valence-corrected chi connectivity index (χ3v) is 4.72. The lowest BCUT2D eigenvalue weighted by Gasteiger charge is -2.14. The van der Waals surface area contributed by atoms with Crippen LogP contribution in [0.1, 0.15) is 34.6 Å². The van der Waals surface area contributed by atoms with Crippen molar-refractivity contribution in [2.24, 2.45) is 0 Å². The molecule has 2 rings (SSSR count). The molecule has 0 aliphatic heterocycles. The first-order chi connectivity index (χ1) is 12.9. The van der Waals surface area contributed by atoms with Crippen molar-refractivity contribution in [2.75, 3.05) is 12.3 Å². The molecule has 1 atom stereocenters. The van der Waals surface area contributed by atoms with Crippen molar-refractivity contribution in [1.82, 2.24) is 0 Å². The molecule has 0 amide bonds. The summed E-state index contributed by atoms with van der Waals surface area (Å²) in [6.45, 7) is 3.06. The molecule has 0 fully saturated rings. The van der Waals surface area contributed by atoms with E-state index in [9.17, 15) is 14.9 Å². The van der Waals surface area contributed by atoms with Gasteiger partial charge < -0.3 is 19.9 Å². The number of thiophene rings is 1. The molecule has 27 heavy (non-hydrogen) atoms. The Bertz CT molecular complexity index is 873. The second-order valence-corrected chi connectivity index (χ2v) is 6.79. The Balaban J connectivity index is 2.08. The fourth-order valence-electron chi connectivity index (χ4n) is 2.13. The molecular weight excluding hydrogens is 392 g/mol. The second kappa shape index (κ2) is 9.26. The predicted molar refractivity (Wildman–Crippen MR) is 101 cm³/mol. The summed E-state index contributed by atoms with van der Waals surface area (Å²) in [5, 5.41) is 9.97. The smallest absolute Gasteiger partial charge is 0.348 e. The summed E-state index contributed by atoms with van der Waals surface area (Å²) in [6.07, 6.45) is -0.904. The SMILES string of the molecule is CCOC(=O)c1sc(N)c(C#N)c1COC(=O)[C@@H](C)Oc1ccc(Cl)cc1. The van der Waals surface area contributed by atoms with E-state index in [1.165, 1.54) is 6.92 Å². The van der Waals surface area contributed by atoms with Crippen LogP contribution in [-0.4, -0.2) is 24.6 Å². The minimum Gasteiger partial charge on any atom is -0.479 e. The van der Waals surface area contributed by atoms with E-state index in [0.717, 1.165) is 11.3 Å². The molecule has 0 aliphatic carbocycles. The number of rotatable bonds is 7. The van der Waals surface area contributed by atoms with Crippen molar-refractivity contribution in [3.05, 3.63) is 45.3 Å². The van der Waals surface area contributed by atoms with E-state index in [2.05, 4.69) is 0 Å². The van der Waals surface area contributed by atoms with Crippen molar-refractivity contribution in [1.29, 1.82) is 5.26 Å². The predicted octanol–water partition coefficient (Wildman–Crippen LogP) is 3.54. The Kier molecular flexibility index (Phi) is 7.05. The zero-order valence-corrected chi connectivity index (χ0v) is 16.2. The summed E-state index contributed by atoms with van der Waals surface area (Å²) < 4.78 is 15.7. The third-order valence-electron chi connectivity index (χ3n) is 3.42. The van der Waals surface area contributed by atoms with Crippen LogP contribution in [0.15, 0.2) is 24.3 Å². The molecule has 1 heterocycles. The molecule has 1 aromatic carbocycles. The molecule has 0 bridgehead atoms. The number of hydrogen-bond donors (Lipinski definition) is 1. The van der Waals surface area contributed by atoms with Gasteiger partial charge in [0, 0.05) is 10.6 Å². The van der Waals surface area contributed by atoms with Crippen LogP contribution in [0.5, 0.6) is 5.75 Å². The van der Waals surface area contributed by atoms with Gasteiger partial charge in [0.25, 0.3) is 0 Å². The van der Waals surface area contributed by atoms with Gasteiger partial charge in [0.2, 0.25) is 0 Å². The van der Waals surface area contributed by atoms with Crippen LogP contribution in [0.3, 0.4) is 0 Å². The van der Waals surface area contributed by atoms with Crippen molar-refractivity contribution >= 4 is 39.9 Å². The van der Waals surface area contributed by atoms with E-state index in [-0.39, 0.29) is 34.2 Å². The summed E-state index contributed by atoms with van der Waals surface area (Å²) in [7, 11) is 0. The molecule has 2 aromatic rings. The number of nitriles is 1. The Hall–Kier alpha value is -2.76. The first-order valence-corrected chi connectivity index (χ1v) is 9.14. The highest BCUT2D eigenvalue weighted by molar-refractivity contribution is 7.18. The van der Waals surface area contributed by atoms with E-state index in [4.69, 9.17) is 31.5 Å². The van der Waals surface area contributed by atoms with Gasteiger partial charge in [-0.15, -0.1) is 11.3 Å². The maximum absolute atomic E-state index is 12.2. The van der Waals surface area contributed by atoms with Gasteiger partial charge >= 0.3 is 11.9 Å². The Morgan fingerprint density at radius 1 is 1.30 bits per heavy atom. The van der Waals surface area contributed by atoms with Crippen LogP contribution in [-0.2, 0) is 20.9 Å². The van der Waals surface area contributed by atoms with Gasteiger partial charge in [-0.2, -0.15) is 5.26 Å². The van der Waals surface area contributed by atoms with Gasteiger partial charge in [0.1, 0.15) is 28.3 Å². The monoisotopic (exact) mass is 408 g/mol. The summed E-state index contributed by atoms with van der Waals surface area (Å²) in [6, 6.07) is 8.43. The van der Waals surface area contributed by atoms with E-state index in [1.54, 1.807) is 31.2 Å². The topological polar surface area (TPSA) is 112 Å². The highest BCUT2D eigenvalue weighted by atomic mass is 35.5. The van der Waals surface area contributed by atoms with Crippen LogP contribution in [0.25, 0.3) is 0 Å². The quantitative estimate of drug-likeness (QED) is 0.697. The van der Waals surface area contributed by atoms with Crippen molar-refractivity contribution in [2.45, 2.75) is 26.6 Å². The molecule has 0 saturated heterocycles. The number of ether oxygens (including phenoxy) is 3. The van der Waals surface area contributed by atoms with Crippen LogP contribution in [0.2, 0.25) is 5.02 Å². The lowest BCUT2D eigenvalue weighted by Crippen LogP contribution is -2.26. The van der Waals surface area contributed by atoms with Crippen molar-refractivity contribution in [3.8, 4) is 11.8 Å². The normalized spacial score (nSPS) is 11.3. The van der Waals surface area contributed by atoms with Crippen molar-refractivity contribution in [3.63, 3.8) is 0 Å². The lowest BCUT2D eigenvalue weighted by atomic mass is 10.1. The molecule has 1 aromatic heterocycles. The molecule has 7 nitrogen and oxygen atoms in total. The lowest BCUT2D eigenvalue weighted by molar-refractivity contribution is -0.152. The average molecular weight is 409 g/mol. The Labute approximate surface area is 165 Å². The number of carbonyl (C=O) groups is 2. The van der Waals surface area contributed by atoms with Gasteiger partial charge in [-0.25, -0.2) is 9.59 Å². The largest absolute Gasteiger partial charge is 0.479 e. The number of esters is 2. The minimum atomic E-state index is -0.904. The average Bonchev–Trinajstić information content (AvgIpc) is 2.97. The first kappa shape index (κ1) is 20.6. The summed E-state index contributed by atoms with van der Waals surface area (Å²) in [4.78, 5) is 24.4. The number of hydrogen-bond acceptors (Lipinski definition) is 8. The van der Waals surface area contributed by atoms with E-state index >= 15 is 0 Å². The number of anilines is 1. The highest BCUT2D eigenvalue weighted by Crippen LogP contribution is 2.32. The zero-order chi connectivity index (χ0) is 20.0. The molecule has 0 aliphatic rings. The molecule has 0 saturated carbocycles. The van der Waals surface area contributed by atoms with Gasteiger partial charge in [0.15, 0.2) is 6.10 Å². The molecule has 9 heteroatoms. The fourth-order valence-corrected chi connectivity index (χ4v) is 3.18. The minimum absolute atomic E-state index is 0.0992. The third kappa shape index (κ3) is 5.12. The maximum Gasteiger partial charge on any atom is 0.348 e. The number of carbonyl (C=O) groups excluding carboxylic acids is 2. The Morgan fingerprint density at radius 2 is 1.96 bits per heavy atom. The maximum atomic E-state index is 12.2. The molecule has 2 N–H and O–H groups in total. The van der Waals surface area contributed by atoms with Crippen LogP contribution in [0.4, 0.5) is 5.00 Å². The zero-order valence-electron chi connectivity index (χ0n) is 14.7. The second-order valence-electron chi connectivity index (χ2n) is 5.30. The molecule has 0 spiro atoms. The number of nitrogen functional groups attached to an aromatic ring is 1. The summed E-state index contributed by atoms with van der Waals surface area (Å²) >= 11 is 6.72. The van der Waals surface area contributed by atoms with E-state index in [1.807, 2.05) is 6.07 Å². The standard InChI is InChI=1S/C18H17ClN2O5S/c1-3-24-18(23)15-14(13(8-20)16(21)27-15)9-25-17(22)10(2)26-12-6-4-11(19)5-7-12/h4-7,10H,3,9,21H2,1-2H3/t10-/m1/s1. The molecule has 0 unspecified atom stereocenters. The highest BCUT2D eigenvalue weighted by Gasteiger charge is 2.25. The van der Waals surface area contributed by atoms with E-state index < -0.39 is 18.0 Å². The molecule has 142 valence electrons. The summed E-state index contributed by atoms with van der Waals surface area (Å²) in [5.41, 5.74) is 6.11. The molecule has 0 radical (unpaired) electrons. The van der Waals surface area contributed by atoms with Gasteiger partial charge in [-0.1, -0.05) is 11.6 Å². The van der Waals surface area contributed by atoms with Crippen molar-refractivity contribution < 1.29 is 23.8 Å². The van der Waals surface area contributed by atoms with Crippen LogP contribution >= 0.6 is 22.9 Å². The van der Waals surface area contributed by atoms with Crippen LogP contribution in [0, 0.1) is 11.3 Å². The van der Waals surface area contributed by atoms with Gasteiger partial charge in [-0.05, 0) is 38.1 Å².